The highest BCUT2D eigenvalue weighted by Gasteiger charge is 2.32. The van der Waals surface area contributed by atoms with Crippen LogP contribution in [0.3, 0.4) is 0 Å². The van der Waals surface area contributed by atoms with Crippen molar-refractivity contribution in [3.63, 3.8) is 0 Å². The van der Waals surface area contributed by atoms with E-state index >= 15 is 0 Å². The fourth-order valence-electron chi connectivity index (χ4n) is 2.78. The summed E-state index contributed by atoms with van der Waals surface area (Å²) in [6.45, 7) is 7.82. The van der Waals surface area contributed by atoms with Crippen LogP contribution in [0.4, 0.5) is 5.69 Å². The number of carbonyl (C=O) groups is 1. The largest absolute Gasteiger partial charge is 0.497 e. The molecule has 1 fully saturated rings. The van der Waals surface area contributed by atoms with E-state index in [1.807, 2.05) is 31.2 Å². The van der Waals surface area contributed by atoms with Gasteiger partial charge in [-0.1, -0.05) is 0 Å². The van der Waals surface area contributed by atoms with Crippen molar-refractivity contribution in [2.24, 2.45) is 0 Å². The lowest BCUT2D eigenvalue weighted by Crippen LogP contribution is -3.19. The summed E-state index contributed by atoms with van der Waals surface area (Å²) < 4.78 is 10.8. The third kappa shape index (κ3) is 4.19. The Hall–Kier alpha value is -1.59. The van der Waals surface area contributed by atoms with E-state index in [0.717, 1.165) is 24.5 Å². The molecule has 1 heterocycles. The molecule has 1 amide bonds. The molecule has 0 aromatic heterocycles. The number of benzene rings is 1. The Morgan fingerprint density at radius 2 is 1.86 bits per heavy atom. The molecule has 5 heteroatoms. The molecule has 1 aromatic carbocycles. The molecule has 0 aliphatic carbocycles. The van der Waals surface area contributed by atoms with E-state index in [0.29, 0.717) is 0 Å². The number of nitrogens with one attached hydrogen (secondary N) is 2. The van der Waals surface area contributed by atoms with Gasteiger partial charge in [-0.05, 0) is 45.0 Å². The van der Waals surface area contributed by atoms with Crippen LogP contribution in [-0.2, 0) is 9.53 Å². The van der Waals surface area contributed by atoms with Crippen molar-refractivity contribution in [3.05, 3.63) is 24.3 Å². The summed E-state index contributed by atoms with van der Waals surface area (Å²) >= 11 is 0. The first-order valence-corrected chi connectivity index (χ1v) is 7.44. The van der Waals surface area contributed by atoms with E-state index < -0.39 is 0 Å². The van der Waals surface area contributed by atoms with E-state index in [2.05, 4.69) is 19.2 Å². The van der Waals surface area contributed by atoms with Crippen LogP contribution in [0.5, 0.6) is 5.75 Å². The summed E-state index contributed by atoms with van der Waals surface area (Å²) in [7, 11) is 1.62. The molecule has 2 rings (SSSR count). The summed E-state index contributed by atoms with van der Waals surface area (Å²) in [6.07, 6.45) is 0.389. The second kappa shape index (κ2) is 6.91. The van der Waals surface area contributed by atoms with Crippen LogP contribution in [0.15, 0.2) is 24.3 Å². The van der Waals surface area contributed by atoms with Gasteiger partial charge < -0.3 is 19.7 Å². The van der Waals surface area contributed by atoms with Crippen LogP contribution in [0.1, 0.15) is 20.8 Å². The highest BCUT2D eigenvalue weighted by atomic mass is 16.5. The first kappa shape index (κ1) is 15.8. The minimum atomic E-state index is -0.0964. The number of amides is 1. The van der Waals surface area contributed by atoms with Crippen LogP contribution in [-0.4, -0.2) is 44.4 Å². The summed E-state index contributed by atoms with van der Waals surface area (Å²) in [6, 6.07) is 7.28. The number of quaternary nitrogens is 1. The number of morpholine rings is 1. The second-order valence-electron chi connectivity index (χ2n) is 5.76. The van der Waals surface area contributed by atoms with Crippen molar-refractivity contribution in [2.45, 2.75) is 39.0 Å². The zero-order valence-electron chi connectivity index (χ0n) is 13.2. The van der Waals surface area contributed by atoms with Gasteiger partial charge in [0.05, 0.1) is 7.11 Å². The number of rotatable bonds is 4. The van der Waals surface area contributed by atoms with E-state index in [1.165, 1.54) is 4.90 Å². The number of hydrogen-bond acceptors (Lipinski definition) is 3. The monoisotopic (exact) mass is 293 g/mol. The molecule has 1 aromatic rings. The quantitative estimate of drug-likeness (QED) is 0.860. The van der Waals surface area contributed by atoms with Gasteiger partial charge in [-0.2, -0.15) is 0 Å². The Morgan fingerprint density at radius 1 is 1.29 bits per heavy atom. The molecule has 1 aliphatic rings. The minimum Gasteiger partial charge on any atom is -0.497 e. The van der Waals surface area contributed by atoms with Crippen molar-refractivity contribution in [3.8, 4) is 5.75 Å². The number of anilines is 1. The lowest BCUT2D eigenvalue weighted by Gasteiger charge is -2.35. The van der Waals surface area contributed by atoms with Gasteiger partial charge in [0.2, 0.25) is 0 Å². The van der Waals surface area contributed by atoms with Gasteiger partial charge in [-0.25, -0.2) is 0 Å². The van der Waals surface area contributed by atoms with Crippen LogP contribution >= 0.6 is 0 Å². The minimum absolute atomic E-state index is 0.0384. The highest BCUT2D eigenvalue weighted by Crippen LogP contribution is 2.15. The number of ether oxygens (including phenoxy) is 2. The van der Waals surface area contributed by atoms with Crippen molar-refractivity contribution in [1.29, 1.82) is 0 Å². The van der Waals surface area contributed by atoms with Crippen LogP contribution in [0.2, 0.25) is 0 Å². The Kier molecular flexibility index (Phi) is 5.20. The molecule has 5 nitrogen and oxygen atoms in total. The zero-order valence-corrected chi connectivity index (χ0v) is 13.2. The normalized spacial score (nSPS) is 27.0. The van der Waals surface area contributed by atoms with Gasteiger partial charge in [-0.15, -0.1) is 0 Å². The summed E-state index contributed by atoms with van der Waals surface area (Å²) in [4.78, 5) is 13.6. The molecule has 0 radical (unpaired) electrons. The highest BCUT2D eigenvalue weighted by molar-refractivity contribution is 5.93. The van der Waals surface area contributed by atoms with Gasteiger partial charge in [-0.3, -0.25) is 4.79 Å². The van der Waals surface area contributed by atoms with Gasteiger partial charge in [0, 0.05) is 5.69 Å². The zero-order chi connectivity index (χ0) is 15.4. The lowest BCUT2D eigenvalue weighted by molar-refractivity contribution is -0.928. The second-order valence-corrected chi connectivity index (χ2v) is 5.76. The SMILES string of the molecule is COc1ccc(NC(=O)[C@H](C)[NH+]2C[C@@H](C)O[C@@H](C)C2)cc1. The first-order chi connectivity index (χ1) is 9.99. The topological polar surface area (TPSA) is 52.0 Å². The molecule has 21 heavy (non-hydrogen) atoms. The standard InChI is InChI=1S/C16H24N2O3/c1-11-9-18(10-12(2)21-11)13(3)16(19)17-14-5-7-15(20-4)8-6-14/h5-8,11-13H,9-10H2,1-4H3,(H,17,19)/p+1/t11-,12+,13-/m0/s1. The summed E-state index contributed by atoms with van der Waals surface area (Å²) in [5, 5.41) is 2.96. The molecule has 1 saturated heterocycles. The van der Waals surface area contributed by atoms with Crippen molar-refractivity contribution >= 4 is 11.6 Å². The average Bonchev–Trinajstić information content (AvgIpc) is 2.46. The Labute approximate surface area is 126 Å². The van der Waals surface area contributed by atoms with Crippen molar-refractivity contribution in [1.82, 2.24) is 0 Å². The maximum atomic E-state index is 12.4. The van der Waals surface area contributed by atoms with Crippen LogP contribution in [0, 0.1) is 0 Å². The number of methoxy groups -OCH3 is 1. The Balaban J connectivity index is 1.95. The third-order valence-corrected chi connectivity index (χ3v) is 3.93. The number of hydrogen-bond donors (Lipinski definition) is 2. The Morgan fingerprint density at radius 3 is 2.38 bits per heavy atom. The smallest absolute Gasteiger partial charge is 0.282 e. The molecule has 116 valence electrons. The molecular formula is C16H25N2O3+. The molecule has 0 spiro atoms. The molecule has 0 bridgehead atoms. The van der Waals surface area contributed by atoms with Crippen LogP contribution in [0.25, 0.3) is 0 Å². The predicted molar refractivity (Wildman–Crippen MR) is 81.8 cm³/mol. The van der Waals surface area contributed by atoms with Gasteiger partial charge in [0.1, 0.15) is 31.0 Å². The van der Waals surface area contributed by atoms with E-state index in [4.69, 9.17) is 9.47 Å². The number of carbonyl (C=O) groups excluding carboxylic acids is 1. The first-order valence-electron chi connectivity index (χ1n) is 7.44. The van der Waals surface area contributed by atoms with E-state index in [9.17, 15) is 4.79 Å². The molecule has 1 aliphatic heterocycles. The fourth-order valence-corrected chi connectivity index (χ4v) is 2.78. The third-order valence-electron chi connectivity index (χ3n) is 3.93. The van der Waals surface area contributed by atoms with Crippen molar-refractivity contribution < 1.29 is 19.2 Å². The average molecular weight is 293 g/mol. The van der Waals surface area contributed by atoms with Crippen molar-refractivity contribution in [2.75, 3.05) is 25.5 Å². The van der Waals surface area contributed by atoms with E-state index in [1.54, 1.807) is 7.11 Å². The lowest BCUT2D eigenvalue weighted by atomic mass is 10.1. The molecule has 2 N–H and O–H groups in total. The Bertz CT molecular complexity index is 465. The van der Waals surface area contributed by atoms with Gasteiger partial charge >= 0.3 is 0 Å². The maximum Gasteiger partial charge on any atom is 0.282 e. The summed E-state index contributed by atoms with van der Waals surface area (Å²) in [5.74, 6) is 0.818. The van der Waals surface area contributed by atoms with Gasteiger partial charge in [0.15, 0.2) is 6.04 Å². The van der Waals surface area contributed by atoms with E-state index in [-0.39, 0.29) is 24.2 Å². The fraction of sp³-hybridized carbons (Fsp3) is 0.562. The predicted octanol–water partition coefficient (Wildman–Crippen LogP) is 0.714. The maximum absolute atomic E-state index is 12.4. The molecule has 1 unspecified atom stereocenters. The van der Waals surface area contributed by atoms with Crippen LogP contribution < -0.4 is 15.0 Å². The molecule has 4 atom stereocenters. The van der Waals surface area contributed by atoms with Gasteiger partial charge in [0.25, 0.3) is 5.91 Å². The summed E-state index contributed by atoms with van der Waals surface area (Å²) in [5.41, 5.74) is 0.793. The molecule has 0 saturated carbocycles. The molecular weight excluding hydrogens is 268 g/mol.